The van der Waals surface area contributed by atoms with Gasteiger partial charge in [-0.25, -0.2) is 16.8 Å². The number of hydrogen-bond donors (Lipinski definition) is 1. The highest BCUT2D eigenvalue weighted by Gasteiger charge is 2.28. The number of morpholine rings is 1. The predicted molar refractivity (Wildman–Crippen MR) is 108 cm³/mol. The first kappa shape index (κ1) is 21.4. The fourth-order valence-electron chi connectivity index (χ4n) is 2.77. The van der Waals surface area contributed by atoms with E-state index in [4.69, 9.17) is 27.9 Å². The lowest BCUT2D eigenvalue weighted by Crippen LogP contribution is -2.40. The van der Waals surface area contributed by atoms with Gasteiger partial charge < -0.3 is 4.74 Å². The van der Waals surface area contributed by atoms with Crippen molar-refractivity contribution < 1.29 is 21.6 Å². The van der Waals surface area contributed by atoms with Crippen LogP contribution in [0.3, 0.4) is 0 Å². The predicted octanol–water partition coefficient (Wildman–Crippen LogP) is 3.12. The van der Waals surface area contributed by atoms with Crippen LogP contribution < -0.4 is 4.72 Å². The van der Waals surface area contributed by atoms with Gasteiger partial charge in [0, 0.05) is 13.1 Å². The maximum absolute atomic E-state index is 12.9. The third kappa shape index (κ3) is 4.29. The number of hydrogen-bond acceptors (Lipinski definition) is 5. The van der Waals surface area contributed by atoms with Crippen LogP contribution in [0.2, 0.25) is 10.0 Å². The Bertz CT molecular complexity index is 1100. The second kappa shape index (κ2) is 8.17. The van der Waals surface area contributed by atoms with Crippen LogP contribution in [0.5, 0.6) is 0 Å². The number of aryl methyl sites for hydroxylation is 1. The first-order chi connectivity index (χ1) is 13.1. The molecular weight excluding hydrogens is 447 g/mol. The zero-order chi connectivity index (χ0) is 20.5. The standard InChI is InChI=1S/C17H18Cl2N2O5S2/c1-12-5-6-13(11-16(12)28(24,25)21-7-9-26-10-8-21)20-27(22,23)15-4-2-3-14(18)17(15)19/h2-6,11,20H,7-10H2,1H3. The number of benzene rings is 2. The van der Waals surface area contributed by atoms with Gasteiger partial charge in [-0.1, -0.05) is 35.3 Å². The van der Waals surface area contributed by atoms with Gasteiger partial charge in [0.05, 0.1) is 33.8 Å². The number of anilines is 1. The number of sulfonamides is 2. The van der Waals surface area contributed by atoms with E-state index < -0.39 is 20.0 Å². The smallest absolute Gasteiger partial charge is 0.263 e. The molecule has 0 amide bonds. The average molecular weight is 465 g/mol. The molecule has 0 unspecified atom stereocenters. The SMILES string of the molecule is Cc1ccc(NS(=O)(=O)c2cccc(Cl)c2Cl)cc1S(=O)(=O)N1CCOCC1. The molecule has 0 spiro atoms. The molecular formula is C17H18Cl2N2O5S2. The van der Waals surface area contributed by atoms with Crippen molar-refractivity contribution in [2.24, 2.45) is 0 Å². The Hall–Kier alpha value is -1.36. The Morgan fingerprint density at radius 2 is 1.68 bits per heavy atom. The molecule has 1 saturated heterocycles. The molecule has 1 fully saturated rings. The summed E-state index contributed by atoms with van der Waals surface area (Å²) in [5.41, 5.74) is 0.615. The van der Waals surface area contributed by atoms with Crippen molar-refractivity contribution in [3.05, 3.63) is 52.0 Å². The summed E-state index contributed by atoms with van der Waals surface area (Å²) in [7, 11) is -7.84. The van der Waals surface area contributed by atoms with Crippen LogP contribution in [-0.2, 0) is 24.8 Å². The maximum atomic E-state index is 12.9. The summed E-state index contributed by atoms with van der Waals surface area (Å²) in [6.45, 7) is 2.78. The van der Waals surface area contributed by atoms with Crippen LogP contribution in [0.1, 0.15) is 5.56 Å². The summed E-state index contributed by atoms with van der Waals surface area (Å²) >= 11 is 11.9. The second-order valence-corrected chi connectivity index (χ2v) is 10.5. The molecule has 0 aliphatic carbocycles. The normalized spacial score (nSPS) is 16.1. The number of halogens is 2. The largest absolute Gasteiger partial charge is 0.379 e. The molecule has 28 heavy (non-hydrogen) atoms. The van der Waals surface area contributed by atoms with E-state index in [2.05, 4.69) is 4.72 Å². The Kier molecular flexibility index (Phi) is 6.23. The first-order valence-electron chi connectivity index (χ1n) is 8.28. The van der Waals surface area contributed by atoms with Gasteiger partial charge in [-0.15, -0.1) is 0 Å². The van der Waals surface area contributed by atoms with E-state index in [1.165, 1.54) is 34.6 Å². The van der Waals surface area contributed by atoms with Crippen molar-refractivity contribution >= 4 is 48.9 Å². The molecule has 0 saturated carbocycles. The highest BCUT2D eigenvalue weighted by Crippen LogP contribution is 2.31. The summed E-state index contributed by atoms with van der Waals surface area (Å²) < 4.78 is 60.2. The van der Waals surface area contributed by atoms with Gasteiger partial charge in [-0.05, 0) is 36.8 Å². The minimum Gasteiger partial charge on any atom is -0.379 e. The summed E-state index contributed by atoms with van der Waals surface area (Å²) in [5, 5.41) is -0.00558. The Morgan fingerprint density at radius 3 is 2.36 bits per heavy atom. The first-order valence-corrected chi connectivity index (χ1v) is 12.0. The maximum Gasteiger partial charge on any atom is 0.263 e. The summed E-state index contributed by atoms with van der Waals surface area (Å²) in [6, 6.07) is 8.59. The second-order valence-electron chi connectivity index (χ2n) is 6.15. The zero-order valence-electron chi connectivity index (χ0n) is 14.9. The van der Waals surface area contributed by atoms with E-state index in [0.29, 0.717) is 18.8 Å². The molecule has 3 rings (SSSR count). The van der Waals surface area contributed by atoms with Crippen LogP contribution >= 0.6 is 23.2 Å². The fourth-order valence-corrected chi connectivity index (χ4v) is 6.24. The molecule has 2 aromatic carbocycles. The van der Waals surface area contributed by atoms with E-state index in [1.807, 2.05) is 0 Å². The molecule has 1 aliphatic rings. The molecule has 2 aromatic rings. The summed E-state index contributed by atoms with van der Waals surface area (Å²) in [5.74, 6) is 0. The zero-order valence-corrected chi connectivity index (χ0v) is 18.0. The molecule has 0 radical (unpaired) electrons. The van der Waals surface area contributed by atoms with Gasteiger partial charge in [0.15, 0.2) is 0 Å². The van der Waals surface area contributed by atoms with Crippen molar-refractivity contribution in [2.75, 3.05) is 31.0 Å². The number of ether oxygens (including phenoxy) is 1. The lowest BCUT2D eigenvalue weighted by molar-refractivity contribution is 0.0730. The minimum absolute atomic E-state index is 0.0341. The molecule has 7 nitrogen and oxygen atoms in total. The van der Waals surface area contributed by atoms with Crippen molar-refractivity contribution in [3.63, 3.8) is 0 Å². The van der Waals surface area contributed by atoms with Crippen LogP contribution in [0.4, 0.5) is 5.69 Å². The Labute approximate surface area is 174 Å². The lowest BCUT2D eigenvalue weighted by atomic mass is 10.2. The van der Waals surface area contributed by atoms with Crippen molar-refractivity contribution in [1.29, 1.82) is 0 Å². The van der Waals surface area contributed by atoms with E-state index in [1.54, 1.807) is 13.0 Å². The van der Waals surface area contributed by atoms with E-state index >= 15 is 0 Å². The highest BCUT2D eigenvalue weighted by molar-refractivity contribution is 7.93. The quantitative estimate of drug-likeness (QED) is 0.733. The topological polar surface area (TPSA) is 92.8 Å². The van der Waals surface area contributed by atoms with Crippen LogP contribution in [-0.4, -0.2) is 47.4 Å². The molecule has 1 N–H and O–H groups in total. The van der Waals surface area contributed by atoms with Crippen molar-refractivity contribution in [3.8, 4) is 0 Å². The highest BCUT2D eigenvalue weighted by atomic mass is 35.5. The third-order valence-corrected chi connectivity index (χ3v) is 8.63. The molecule has 0 bridgehead atoms. The van der Waals surface area contributed by atoms with Gasteiger partial charge in [0.25, 0.3) is 10.0 Å². The van der Waals surface area contributed by atoms with Crippen LogP contribution in [0.15, 0.2) is 46.2 Å². The summed E-state index contributed by atoms with van der Waals surface area (Å²) in [6.07, 6.45) is 0. The Balaban J connectivity index is 1.96. The minimum atomic E-state index is -4.06. The van der Waals surface area contributed by atoms with E-state index in [0.717, 1.165) is 0 Å². The van der Waals surface area contributed by atoms with Gasteiger partial charge in [0.1, 0.15) is 4.90 Å². The molecule has 152 valence electrons. The molecule has 1 heterocycles. The average Bonchev–Trinajstić information content (AvgIpc) is 2.65. The number of nitrogens with zero attached hydrogens (tertiary/aromatic N) is 1. The molecule has 0 atom stereocenters. The van der Waals surface area contributed by atoms with Gasteiger partial charge in [-0.2, -0.15) is 4.31 Å². The third-order valence-electron chi connectivity index (χ3n) is 4.23. The van der Waals surface area contributed by atoms with Crippen molar-refractivity contribution in [1.82, 2.24) is 4.31 Å². The van der Waals surface area contributed by atoms with Crippen LogP contribution in [0, 0.1) is 6.92 Å². The Morgan fingerprint density at radius 1 is 1.00 bits per heavy atom. The molecule has 11 heteroatoms. The van der Waals surface area contributed by atoms with Crippen LogP contribution in [0.25, 0.3) is 0 Å². The molecule has 0 aromatic heterocycles. The monoisotopic (exact) mass is 464 g/mol. The van der Waals surface area contributed by atoms with E-state index in [-0.39, 0.29) is 38.6 Å². The molecule has 1 aliphatic heterocycles. The lowest BCUT2D eigenvalue weighted by Gasteiger charge is -2.27. The van der Waals surface area contributed by atoms with Crippen molar-refractivity contribution in [2.45, 2.75) is 16.7 Å². The van der Waals surface area contributed by atoms with Gasteiger partial charge >= 0.3 is 0 Å². The summed E-state index contributed by atoms with van der Waals surface area (Å²) in [4.78, 5) is -0.161. The number of nitrogens with one attached hydrogen (secondary N) is 1. The van der Waals surface area contributed by atoms with E-state index in [9.17, 15) is 16.8 Å². The fraction of sp³-hybridized carbons (Fsp3) is 0.294. The van der Waals surface area contributed by atoms with Gasteiger partial charge in [-0.3, -0.25) is 4.72 Å². The van der Waals surface area contributed by atoms with Gasteiger partial charge in [0.2, 0.25) is 10.0 Å². The number of rotatable bonds is 5.